The van der Waals surface area contributed by atoms with Crippen LogP contribution in [-0.2, 0) is 16.1 Å². The van der Waals surface area contributed by atoms with E-state index in [0.717, 1.165) is 6.42 Å². The number of carbonyl (C=O) groups excluding carboxylic acids is 1. The summed E-state index contributed by atoms with van der Waals surface area (Å²) in [5.41, 5.74) is 0. The van der Waals surface area contributed by atoms with Crippen LogP contribution >= 0.6 is 0 Å². The zero-order chi connectivity index (χ0) is 13.8. The minimum absolute atomic E-state index is 0.181. The summed E-state index contributed by atoms with van der Waals surface area (Å²) < 4.78 is 5.13. The first-order chi connectivity index (χ1) is 9.11. The van der Waals surface area contributed by atoms with Gasteiger partial charge in [0.2, 0.25) is 5.91 Å². The lowest BCUT2D eigenvalue weighted by molar-refractivity contribution is -0.146. The summed E-state index contributed by atoms with van der Waals surface area (Å²) in [6, 6.07) is 3.53. The van der Waals surface area contributed by atoms with Crippen molar-refractivity contribution in [1.82, 2.24) is 5.32 Å². The first-order valence-corrected chi connectivity index (χ1v) is 6.64. The van der Waals surface area contributed by atoms with E-state index in [9.17, 15) is 14.7 Å². The highest BCUT2D eigenvalue weighted by Gasteiger charge is 2.41. The molecule has 0 bridgehead atoms. The van der Waals surface area contributed by atoms with Crippen molar-refractivity contribution >= 4 is 11.9 Å². The second kappa shape index (κ2) is 5.91. The number of carboxylic acid groups (broad SMARTS) is 1. The summed E-state index contributed by atoms with van der Waals surface area (Å²) in [6.45, 7) is 2.35. The van der Waals surface area contributed by atoms with E-state index in [-0.39, 0.29) is 5.91 Å². The van der Waals surface area contributed by atoms with Gasteiger partial charge in [0.25, 0.3) is 0 Å². The molecule has 2 rings (SSSR count). The van der Waals surface area contributed by atoms with E-state index in [4.69, 9.17) is 4.42 Å². The molecule has 0 aliphatic heterocycles. The summed E-state index contributed by atoms with van der Waals surface area (Å²) >= 11 is 0. The molecule has 0 spiro atoms. The monoisotopic (exact) mass is 265 g/mol. The van der Waals surface area contributed by atoms with E-state index in [1.807, 2.05) is 6.92 Å². The van der Waals surface area contributed by atoms with E-state index in [2.05, 4.69) is 5.32 Å². The maximum atomic E-state index is 12.1. The summed E-state index contributed by atoms with van der Waals surface area (Å²) in [7, 11) is 0. The van der Waals surface area contributed by atoms with Gasteiger partial charge < -0.3 is 14.8 Å². The summed E-state index contributed by atoms with van der Waals surface area (Å²) in [4.78, 5) is 23.3. The van der Waals surface area contributed by atoms with Gasteiger partial charge in [-0.25, -0.2) is 0 Å². The van der Waals surface area contributed by atoms with Gasteiger partial charge in [0.1, 0.15) is 5.76 Å². The number of rotatable bonds is 5. The molecule has 0 aromatic carbocycles. The Morgan fingerprint density at radius 2 is 2.16 bits per heavy atom. The maximum absolute atomic E-state index is 12.1. The number of amides is 1. The molecule has 1 aromatic heterocycles. The smallest absolute Gasteiger partial charge is 0.307 e. The van der Waals surface area contributed by atoms with Crippen LogP contribution in [0.2, 0.25) is 0 Å². The Morgan fingerprint density at radius 3 is 2.74 bits per heavy atom. The number of carbonyl (C=O) groups is 2. The number of hydrogen-bond donors (Lipinski definition) is 2. The van der Waals surface area contributed by atoms with Crippen molar-refractivity contribution in [1.29, 1.82) is 0 Å². The van der Waals surface area contributed by atoms with Gasteiger partial charge in [-0.05, 0) is 30.9 Å². The molecule has 0 saturated heterocycles. The van der Waals surface area contributed by atoms with E-state index in [1.165, 1.54) is 0 Å². The van der Waals surface area contributed by atoms with Gasteiger partial charge in [0, 0.05) is 0 Å². The molecule has 1 heterocycles. The molecule has 1 aliphatic carbocycles. The zero-order valence-corrected chi connectivity index (χ0v) is 11.0. The van der Waals surface area contributed by atoms with E-state index in [1.54, 1.807) is 18.4 Å². The van der Waals surface area contributed by atoms with Gasteiger partial charge >= 0.3 is 5.97 Å². The molecular weight excluding hydrogens is 246 g/mol. The Bertz CT molecular complexity index is 440. The van der Waals surface area contributed by atoms with Crippen molar-refractivity contribution in [2.75, 3.05) is 0 Å². The van der Waals surface area contributed by atoms with Crippen molar-refractivity contribution in [3.8, 4) is 0 Å². The lowest BCUT2D eigenvalue weighted by atomic mass is 9.95. The van der Waals surface area contributed by atoms with Gasteiger partial charge in [-0.2, -0.15) is 0 Å². The molecule has 0 radical (unpaired) electrons. The fraction of sp³-hybridized carbons (Fsp3) is 0.571. The highest BCUT2D eigenvalue weighted by atomic mass is 16.4. The SMILES string of the molecule is CCC1C[C@H](C(=O)NCc2ccco2)[C@H](C(=O)O)C1. The molecule has 5 heteroatoms. The molecular formula is C14H19NO4. The summed E-state index contributed by atoms with van der Waals surface area (Å²) in [5, 5.41) is 12.0. The van der Waals surface area contributed by atoms with Crippen molar-refractivity contribution in [3.05, 3.63) is 24.2 Å². The number of furan rings is 1. The average molecular weight is 265 g/mol. The van der Waals surface area contributed by atoms with Crippen LogP contribution in [-0.4, -0.2) is 17.0 Å². The van der Waals surface area contributed by atoms with E-state index < -0.39 is 17.8 Å². The second-order valence-corrected chi connectivity index (χ2v) is 5.09. The molecule has 104 valence electrons. The Morgan fingerprint density at radius 1 is 1.42 bits per heavy atom. The number of hydrogen-bond acceptors (Lipinski definition) is 3. The highest BCUT2D eigenvalue weighted by Crippen LogP contribution is 2.38. The lowest BCUT2D eigenvalue weighted by Crippen LogP contribution is -2.34. The van der Waals surface area contributed by atoms with Crippen LogP contribution in [0.5, 0.6) is 0 Å². The summed E-state index contributed by atoms with van der Waals surface area (Å²) in [5.74, 6) is -1.02. The van der Waals surface area contributed by atoms with Crippen molar-refractivity contribution < 1.29 is 19.1 Å². The molecule has 1 fully saturated rings. The fourth-order valence-electron chi connectivity index (χ4n) is 2.76. The molecule has 1 amide bonds. The Balaban J connectivity index is 1.94. The fourth-order valence-corrected chi connectivity index (χ4v) is 2.76. The minimum atomic E-state index is -0.867. The van der Waals surface area contributed by atoms with Crippen LogP contribution in [0.4, 0.5) is 0 Å². The first-order valence-electron chi connectivity index (χ1n) is 6.64. The third-order valence-corrected chi connectivity index (χ3v) is 3.91. The van der Waals surface area contributed by atoms with Gasteiger partial charge in [-0.1, -0.05) is 13.3 Å². The standard InChI is InChI=1S/C14H19NO4/c1-2-9-6-11(12(7-9)14(17)18)13(16)15-8-10-4-3-5-19-10/h3-5,9,11-12H,2,6-8H2,1H3,(H,15,16)(H,17,18)/t9?,11-,12+/m0/s1. The number of nitrogens with one attached hydrogen (secondary N) is 1. The van der Waals surface area contributed by atoms with Gasteiger partial charge in [0.05, 0.1) is 24.6 Å². The Labute approximate surface area is 112 Å². The Hall–Kier alpha value is -1.78. The van der Waals surface area contributed by atoms with Gasteiger partial charge in [0.15, 0.2) is 0 Å². The predicted molar refractivity (Wildman–Crippen MR) is 68.2 cm³/mol. The van der Waals surface area contributed by atoms with Gasteiger partial charge in [-0.15, -0.1) is 0 Å². The van der Waals surface area contributed by atoms with Crippen LogP contribution in [0.1, 0.15) is 31.9 Å². The minimum Gasteiger partial charge on any atom is -0.481 e. The number of aliphatic carboxylic acids is 1. The molecule has 1 aliphatic rings. The second-order valence-electron chi connectivity index (χ2n) is 5.09. The van der Waals surface area contributed by atoms with E-state index in [0.29, 0.717) is 31.1 Å². The topological polar surface area (TPSA) is 79.5 Å². The Kier molecular flexibility index (Phi) is 4.24. The normalized spacial score (nSPS) is 26.3. The van der Waals surface area contributed by atoms with Crippen molar-refractivity contribution in [2.24, 2.45) is 17.8 Å². The van der Waals surface area contributed by atoms with Crippen LogP contribution in [0.15, 0.2) is 22.8 Å². The first kappa shape index (κ1) is 13.6. The van der Waals surface area contributed by atoms with Crippen LogP contribution in [0, 0.1) is 17.8 Å². The zero-order valence-electron chi connectivity index (χ0n) is 11.0. The van der Waals surface area contributed by atoms with Gasteiger partial charge in [-0.3, -0.25) is 9.59 Å². The molecule has 19 heavy (non-hydrogen) atoms. The third-order valence-electron chi connectivity index (χ3n) is 3.91. The molecule has 1 aromatic rings. The maximum Gasteiger partial charge on any atom is 0.307 e. The number of carboxylic acids is 1. The quantitative estimate of drug-likeness (QED) is 0.853. The third kappa shape index (κ3) is 3.16. The average Bonchev–Trinajstić information content (AvgIpc) is 3.04. The molecule has 5 nitrogen and oxygen atoms in total. The predicted octanol–water partition coefficient (Wildman–Crippen LogP) is 2.03. The molecule has 3 atom stereocenters. The summed E-state index contributed by atoms with van der Waals surface area (Å²) in [6.07, 6.45) is 3.73. The van der Waals surface area contributed by atoms with Crippen LogP contribution < -0.4 is 5.32 Å². The molecule has 1 saturated carbocycles. The highest BCUT2D eigenvalue weighted by molar-refractivity contribution is 5.85. The largest absolute Gasteiger partial charge is 0.481 e. The van der Waals surface area contributed by atoms with Crippen LogP contribution in [0.3, 0.4) is 0 Å². The van der Waals surface area contributed by atoms with Crippen LogP contribution in [0.25, 0.3) is 0 Å². The lowest BCUT2D eigenvalue weighted by Gasteiger charge is -2.14. The molecule has 1 unspecified atom stereocenters. The molecule has 2 N–H and O–H groups in total. The van der Waals surface area contributed by atoms with E-state index >= 15 is 0 Å². The van der Waals surface area contributed by atoms with Crippen molar-refractivity contribution in [2.45, 2.75) is 32.7 Å². The van der Waals surface area contributed by atoms with Crippen molar-refractivity contribution in [3.63, 3.8) is 0 Å².